The van der Waals surface area contributed by atoms with E-state index >= 15 is 0 Å². The van der Waals surface area contributed by atoms with Crippen LogP contribution in [0.4, 0.5) is 0 Å². The van der Waals surface area contributed by atoms with Crippen molar-refractivity contribution in [3.05, 3.63) is 24.0 Å². The molecule has 1 amide bonds. The molecule has 0 spiro atoms. The number of ether oxygens (including phenoxy) is 1. The largest absolute Gasteiger partial charge is 0.494 e. The van der Waals surface area contributed by atoms with Gasteiger partial charge in [0.15, 0.2) is 0 Å². The fourth-order valence-electron chi connectivity index (χ4n) is 2.10. The normalized spacial score (nSPS) is 19.4. The van der Waals surface area contributed by atoms with E-state index < -0.39 is 0 Å². The third-order valence-electron chi connectivity index (χ3n) is 3.14. The van der Waals surface area contributed by atoms with Crippen LogP contribution >= 0.6 is 0 Å². The molecule has 1 fully saturated rings. The second-order valence-electron chi connectivity index (χ2n) is 4.22. The first kappa shape index (κ1) is 11.9. The molecular formula is C12H17N3O2. The summed E-state index contributed by atoms with van der Waals surface area (Å²) >= 11 is 0. The van der Waals surface area contributed by atoms with E-state index in [1.807, 2.05) is 4.90 Å². The van der Waals surface area contributed by atoms with E-state index in [0.29, 0.717) is 23.8 Å². The van der Waals surface area contributed by atoms with Crippen LogP contribution in [0.1, 0.15) is 16.8 Å². The average molecular weight is 235 g/mol. The Labute approximate surface area is 101 Å². The van der Waals surface area contributed by atoms with Crippen LogP contribution in [0.2, 0.25) is 0 Å². The van der Waals surface area contributed by atoms with Gasteiger partial charge in [-0.2, -0.15) is 0 Å². The molecule has 92 valence electrons. The van der Waals surface area contributed by atoms with E-state index in [4.69, 9.17) is 10.5 Å². The van der Waals surface area contributed by atoms with Crippen LogP contribution in [0, 0.1) is 5.92 Å². The highest BCUT2D eigenvalue weighted by molar-refractivity contribution is 5.96. The molecule has 17 heavy (non-hydrogen) atoms. The summed E-state index contributed by atoms with van der Waals surface area (Å²) in [5.74, 6) is 0.945. The van der Waals surface area contributed by atoms with E-state index in [1.165, 1.54) is 0 Å². The number of carbonyl (C=O) groups is 1. The van der Waals surface area contributed by atoms with Gasteiger partial charge in [0.1, 0.15) is 5.75 Å². The van der Waals surface area contributed by atoms with Gasteiger partial charge in [0, 0.05) is 19.3 Å². The molecule has 0 saturated carbocycles. The second kappa shape index (κ2) is 5.14. The maximum absolute atomic E-state index is 12.3. The zero-order valence-electron chi connectivity index (χ0n) is 9.93. The van der Waals surface area contributed by atoms with Crippen molar-refractivity contribution in [3.63, 3.8) is 0 Å². The summed E-state index contributed by atoms with van der Waals surface area (Å²) < 4.78 is 5.14. The molecule has 2 heterocycles. The molecule has 0 aliphatic carbocycles. The van der Waals surface area contributed by atoms with Crippen molar-refractivity contribution in [2.24, 2.45) is 11.7 Å². The number of methoxy groups -OCH3 is 1. The smallest absolute Gasteiger partial charge is 0.257 e. The first-order valence-electron chi connectivity index (χ1n) is 5.73. The number of hydrogen-bond donors (Lipinski definition) is 1. The lowest BCUT2D eigenvalue weighted by molar-refractivity contribution is 0.0784. The van der Waals surface area contributed by atoms with Gasteiger partial charge in [-0.3, -0.25) is 9.78 Å². The Morgan fingerprint density at radius 1 is 1.71 bits per heavy atom. The Morgan fingerprint density at radius 2 is 2.53 bits per heavy atom. The quantitative estimate of drug-likeness (QED) is 0.829. The van der Waals surface area contributed by atoms with Gasteiger partial charge in [-0.15, -0.1) is 0 Å². The van der Waals surface area contributed by atoms with Crippen LogP contribution in [-0.4, -0.2) is 42.5 Å². The van der Waals surface area contributed by atoms with Crippen molar-refractivity contribution in [2.45, 2.75) is 6.42 Å². The predicted molar refractivity (Wildman–Crippen MR) is 63.9 cm³/mol. The number of amides is 1. The lowest BCUT2D eigenvalue weighted by atomic mass is 10.1. The summed E-state index contributed by atoms with van der Waals surface area (Å²) in [6.45, 7) is 2.14. The Bertz CT molecular complexity index is 408. The molecule has 1 aliphatic rings. The number of likely N-dealkylation sites (tertiary alicyclic amines) is 1. The summed E-state index contributed by atoms with van der Waals surface area (Å²) in [7, 11) is 1.54. The molecule has 0 radical (unpaired) electrons. The van der Waals surface area contributed by atoms with Crippen molar-refractivity contribution in [2.75, 3.05) is 26.7 Å². The fraction of sp³-hybridized carbons (Fsp3) is 0.500. The number of hydrogen-bond acceptors (Lipinski definition) is 4. The van der Waals surface area contributed by atoms with E-state index in [0.717, 1.165) is 19.5 Å². The number of pyridine rings is 1. The molecule has 1 unspecified atom stereocenters. The molecule has 1 aromatic heterocycles. The zero-order chi connectivity index (χ0) is 12.3. The van der Waals surface area contributed by atoms with Crippen LogP contribution in [0.25, 0.3) is 0 Å². The Hall–Kier alpha value is -1.62. The van der Waals surface area contributed by atoms with Crippen LogP contribution in [0.5, 0.6) is 5.75 Å². The third-order valence-corrected chi connectivity index (χ3v) is 3.14. The summed E-state index contributed by atoms with van der Waals surface area (Å²) in [6, 6.07) is 1.69. The van der Waals surface area contributed by atoms with E-state index in [1.54, 1.807) is 25.6 Å². The lowest BCUT2D eigenvalue weighted by Crippen LogP contribution is -2.30. The maximum atomic E-state index is 12.3. The number of rotatable bonds is 3. The van der Waals surface area contributed by atoms with Crippen molar-refractivity contribution < 1.29 is 9.53 Å². The Kier molecular flexibility index (Phi) is 3.58. The van der Waals surface area contributed by atoms with Gasteiger partial charge in [0.25, 0.3) is 5.91 Å². The van der Waals surface area contributed by atoms with Gasteiger partial charge >= 0.3 is 0 Å². The minimum absolute atomic E-state index is 0.000185. The van der Waals surface area contributed by atoms with E-state index in [-0.39, 0.29) is 5.91 Å². The fourth-order valence-corrected chi connectivity index (χ4v) is 2.10. The molecule has 1 aromatic rings. The Morgan fingerprint density at radius 3 is 3.18 bits per heavy atom. The highest BCUT2D eigenvalue weighted by atomic mass is 16.5. The standard InChI is InChI=1S/C12H17N3O2/c1-17-11-7-14-4-2-10(11)12(16)15-5-3-9(6-13)8-15/h2,4,7,9H,3,5-6,8,13H2,1H3. The van der Waals surface area contributed by atoms with Crippen LogP contribution in [0.15, 0.2) is 18.5 Å². The molecule has 1 aliphatic heterocycles. The van der Waals surface area contributed by atoms with Gasteiger partial charge in [-0.05, 0) is 24.9 Å². The van der Waals surface area contributed by atoms with Crippen molar-refractivity contribution >= 4 is 5.91 Å². The number of nitrogens with two attached hydrogens (primary N) is 1. The molecule has 5 heteroatoms. The third kappa shape index (κ3) is 2.39. The van der Waals surface area contributed by atoms with Crippen LogP contribution in [0.3, 0.4) is 0 Å². The maximum Gasteiger partial charge on any atom is 0.257 e. The summed E-state index contributed by atoms with van der Waals surface area (Å²) in [6.07, 6.45) is 4.14. The van der Waals surface area contributed by atoms with E-state index in [2.05, 4.69) is 4.98 Å². The molecule has 0 aromatic carbocycles. The average Bonchev–Trinajstić information content (AvgIpc) is 2.86. The molecule has 0 bridgehead atoms. The summed E-state index contributed by atoms with van der Waals surface area (Å²) in [4.78, 5) is 18.0. The van der Waals surface area contributed by atoms with Crippen LogP contribution < -0.4 is 10.5 Å². The SMILES string of the molecule is COc1cnccc1C(=O)N1CCC(CN)C1. The Balaban J connectivity index is 2.15. The van der Waals surface area contributed by atoms with E-state index in [9.17, 15) is 4.79 Å². The topological polar surface area (TPSA) is 68.5 Å². The molecule has 1 saturated heterocycles. The first-order chi connectivity index (χ1) is 8.26. The summed E-state index contributed by atoms with van der Waals surface area (Å²) in [5.41, 5.74) is 6.19. The second-order valence-corrected chi connectivity index (χ2v) is 4.22. The van der Waals surface area contributed by atoms with Gasteiger partial charge in [-0.1, -0.05) is 0 Å². The van der Waals surface area contributed by atoms with Crippen molar-refractivity contribution in [1.29, 1.82) is 0 Å². The predicted octanol–water partition coefficient (Wildman–Crippen LogP) is 0.511. The highest BCUT2D eigenvalue weighted by Gasteiger charge is 2.27. The van der Waals surface area contributed by atoms with Crippen LogP contribution in [-0.2, 0) is 0 Å². The minimum Gasteiger partial charge on any atom is -0.494 e. The first-order valence-corrected chi connectivity index (χ1v) is 5.73. The molecular weight excluding hydrogens is 218 g/mol. The minimum atomic E-state index is 0.000185. The van der Waals surface area contributed by atoms with Gasteiger partial charge in [-0.25, -0.2) is 0 Å². The molecule has 2 N–H and O–H groups in total. The number of carbonyl (C=O) groups excluding carboxylic acids is 1. The van der Waals surface area contributed by atoms with Gasteiger partial charge < -0.3 is 15.4 Å². The van der Waals surface area contributed by atoms with Crippen molar-refractivity contribution in [1.82, 2.24) is 9.88 Å². The number of nitrogens with zero attached hydrogens (tertiary/aromatic N) is 2. The molecule has 5 nitrogen and oxygen atoms in total. The lowest BCUT2D eigenvalue weighted by Gasteiger charge is -2.17. The number of aromatic nitrogens is 1. The zero-order valence-corrected chi connectivity index (χ0v) is 9.93. The highest BCUT2D eigenvalue weighted by Crippen LogP contribution is 2.22. The van der Waals surface area contributed by atoms with Gasteiger partial charge in [0.05, 0.1) is 18.9 Å². The molecule has 2 rings (SSSR count). The van der Waals surface area contributed by atoms with Gasteiger partial charge in [0.2, 0.25) is 0 Å². The molecule has 1 atom stereocenters. The summed E-state index contributed by atoms with van der Waals surface area (Å²) in [5, 5.41) is 0. The monoisotopic (exact) mass is 235 g/mol. The van der Waals surface area contributed by atoms with Crippen molar-refractivity contribution in [3.8, 4) is 5.75 Å².